The summed E-state index contributed by atoms with van der Waals surface area (Å²) in [6, 6.07) is 18.0. The van der Waals surface area contributed by atoms with Crippen LogP contribution < -0.4 is 5.32 Å². The van der Waals surface area contributed by atoms with E-state index in [2.05, 4.69) is 24.4 Å². The van der Waals surface area contributed by atoms with Gasteiger partial charge in [-0.05, 0) is 42.7 Å². The molecule has 2 rings (SSSR count). The molecule has 0 saturated heterocycles. The first kappa shape index (κ1) is 14.6. The fourth-order valence-electron chi connectivity index (χ4n) is 2.06. The first-order valence-corrected chi connectivity index (χ1v) is 7.02. The van der Waals surface area contributed by atoms with Crippen molar-refractivity contribution in [2.45, 2.75) is 25.9 Å². The Morgan fingerprint density at radius 2 is 1.85 bits per heavy atom. The van der Waals surface area contributed by atoms with Gasteiger partial charge in [0.25, 0.3) is 0 Å². The van der Waals surface area contributed by atoms with Gasteiger partial charge in [-0.1, -0.05) is 41.9 Å². The SMILES string of the molecule is CC(Cc1ccccc1Cl)NCc1ccc(C#N)cc1. The molecule has 0 saturated carbocycles. The molecule has 0 amide bonds. The lowest BCUT2D eigenvalue weighted by Gasteiger charge is -2.14. The third kappa shape index (κ3) is 4.09. The summed E-state index contributed by atoms with van der Waals surface area (Å²) in [7, 11) is 0. The van der Waals surface area contributed by atoms with Crippen LogP contribution in [0.1, 0.15) is 23.6 Å². The lowest BCUT2D eigenvalue weighted by Crippen LogP contribution is -2.27. The fourth-order valence-corrected chi connectivity index (χ4v) is 2.27. The molecule has 102 valence electrons. The number of hydrogen-bond acceptors (Lipinski definition) is 2. The van der Waals surface area contributed by atoms with Crippen molar-refractivity contribution in [3.63, 3.8) is 0 Å². The van der Waals surface area contributed by atoms with Gasteiger partial charge in [-0.3, -0.25) is 0 Å². The molecule has 0 heterocycles. The first-order chi connectivity index (χ1) is 9.69. The predicted octanol–water partition coefficient (Wildman–Crippen LogP) is 3.93. The third-order valence-corrected chi connectivity index (χ3v) is 3.59. The van der Waals surface area contributed by atoms with E-state index in [1.54, 1.807) is 0 Å². The van der Waals surface area contributed by atoms with Crippen LogP contribution in [0.25, 0.3) is 0 Å². The van der Waals surface area contributed by atoms with E-state index < -0.39 is 0 Å². The molecule has 0 spiro atoms. The quantitative estimate of drug-likeness (QED) is 0.903. The van der Waals surface area contributed by atoms with Crippen LogP contribution in [0.2, 0.25) is 5.02 Å². The Kier molecular flexibility index (Phi) is 5.17. The molecule has 1 N–H and O–H groups in total. The van der Waals surface area contributed by atoms with Gasteiger partial charge in [0.15, 0.2) is 0 Å². The van der Waals surface area contributed by atoms with Gasteiger partial charge >= 0.3 is 0 Å². The van der Waals surface area contributed by atoms with Crippen LogP contribution in [0.3, 0.4) is 0 Å². The highest BCUT2D eigenvalue weighted by atomic mass is 35.5. The summed E-state index contributed by atoms with van der Waals surface area (Å²) in [5.74, 6) is 0. The van der Waals surface area contributed by atoms with E-state index in [9.17, 15) is 0 Å². The van der Waals surface area contributed by atoms with E-state index in [0.717, 1.165) is 23.6 Å². The minimum Gasteiger partial charge on any atom is -0.310 e. The molecule has 1 atom stereocenters. The zero-order valence-electron chi connectivity index (χ0n) is 11.4. The summed E-state index contributed by atoms with van der Waals surface area (Å²) < 4.78 is 0. The molecule has 0 bridgehead atoms. The van der Waals surface area contributed by atoms with Crippen molar-refractivity contribution in [1.29, 1.82) is 5.26 Å². The van der Waals surface area contributed by atoms with Crippen molar-refractivity contribution in [3.05, 3.63) is 70.2 Å². The smallest absolute Gasteiger partial charge is 0.0991 e. The molecule has 0 aliphatic carbocycles. The number of benzene rings is 2. The Morgan fingerprint density at radius 1 is 1.15 bits per heavy atom. The monoisotopic (exact) mass is 284 g/mol. The summed E-state index contributed by atoms with van der Waals surface area (Å²) >= 11 is 6.16. The molecule has 2 nitrogen and oxygen atoms in total. The molecule has 0 aliphatic heterocycles. The van der Waals surface area contributed by atoms with E-state index in [1.807, 2.05) is 42.5 Å². The number of nitrogens with zero attached hydrogens (tertiary/aromatic N) is 1. The number of hydrogen-bond donors (Lipinski definition) is 1. The molecule has 20 heavy (non-hydrogen) atoms. The van der Waals surface area contributed by atoms with Crippen molar-refractivity contribution in [2.24, 2.45) is 0 Å². The van der Waals surface area contributed by atoms with E-state index >= 15 is 0 Å². The van der Waals surface area contributed by atoms with Crippen LogP contribution >= 0.6 is 11.6 Å². The normalized spacial score (nSPS) is 11.8. The highest BCUT2D eigenvalue weighted by Crippen LogP contribution is 2.16. The van der Waals surface area contributed by atoms with Crippen molar-refractivity contribution < 1.29 is 0 Å². The standard InChI is InChI=1S/C17H17ClN2/c1-13(10-16-4-2-3-5-17(16)18)20-12-15-8-6-14(11-19)7-9-15/h2-9,13,20H,10,12H2,1H3. The molecule has 0 fully saturated rings. The van der Waals surface area contributed by atoms with Crippen LogP contribution in [-0.2, 0) is 13.0 Å². The average Bonchev–Trinajstić information content (AvgIpc) is 2.48. The fraction of sp³-hybridized carbons (Fsp3) is 0.235. The Morgan fingerprint density at radius 3 is 2.50 bits per heavy atom. The lowest BCUT2D eigenvalue weighted by atomic mass is 10.1. The number of nitrogens with one attached hydrogen (secondary N) is 1. The van der Waals surface area contributed by atoms with E-state index in [-0.39, 0.29) is 0 Å². The maximum Gasteiger partial charge on any atom is 0.0991 e. The minimum atomic E-state index is 0.338. The summed E-state index contributed by atoms with van der Waals surface area (Å²) in [5, 5.41) is 13.0. The summed E-state index contributed by atoms with van der Waals surface area (Å²) in [6.07, 6.45) is 0.899. The second-order valence-corrected chi connectivity index (χ2v) is 5.29. The van der Waals surface area contributed by atoms with Gasteiger partial charge in [0.2, 0.25) is 0 Å². The molecule has 0 aliphatic rings. The number of rotatable bonds is 5. The average molecular weight is 285 g/mol. The molecule has 0 radical (unpaired) electrons. The van der Waals surface area contributed by atoms with Crippen LogP contribution in [0, 0.1) is 11.3 Å². The Labute approximate surface area is 125 Å². The van der Waals surface area contributed by atoms with Crippen LogP contribution in [-0.4, -0.2) is 6.04 Å². The minimum absolute atomic E-state index is 0.338. The number of halogens is 1. The summed E-state index contributed by atoms with van der Waals surface area (Å²) in [5.41, 5.74) is 3.03. The largest absolute Gasteiger partial charge is 0.310 e. The highest BCUT2D eigenvalue weighted by Gasteiger charge is 2.06. The molecular weight excluding hydrogens is 268 g/mol. The molecular formula is C17H17ClN2. The van der Waals surface area contributed by atoms with Crippen molar-refractivity contribution >= 4 is 11.6 Å². The highest BCUT2D eigenvalue weighted by molar-refractivity contribution is 6.31. The molecule has 1 unspecified atom stereocenters. The zero-order valence-corrected chi connectivity index (χ0v) is 12.2. The van der Waals surface area contributed by atoms with E-state index in [0.29, 0.717) is 11.6 Å². The van der Waals surface area contributed by atoms with Crippen molar-refractivity contribution in [3.8, 4) is 6.07 Å². The van der Waals surface area contributed by atoms with Gasteiger partial charge in [-0.15, -0.1) is 0 Å². The van der Waals surface area contributed by atoms with Crippen molar-refractivity contribution in [1.82, 2.24) is 5.32 Å². The van der Waals surface area contributed by atoms with E-state index in [1.165, 1.54) is 5.56 Å². The second kappa shape index (κ2) is 7.09. The zero-order chi connectivity index (χ0) is 14.4. The molecule has 2 aromatic carbocycles. The van der Waals surface area contributed by atoms with Crippen LogP contribution in [0.4, 0.5) is 0 Å². The van der Waals surface area contributed by atoms with Crippen LogP contribution in [0.5, 0.6) is 0 Å². The van der Waals surface area contributed by atoms with Gasteiger partial charge in [-0.25, -0.2) is 0 Å². The Bertz CT molecular complexity index is 599. The van der Waals surface area contributed by atoms with Gasteiger partial charge in [-0.2, -0.15) is 5.26 Å². The molecule has 2 aromatic rings. The van der Waals surface area contributed by atoms with Gasteiger partial charge in [0.1, 0.15) is 0 Å². The topological polar surface area (TPSA) is 35.8 Å². The predicted molar refractivity (Wildman–Crippen MR) is 82.6 cm³/mol. The number of nitriles is 1. The van der Waals surface area contributed by atoms with Gasteiger partial charge in [0, 0.05) is 17.6 Å². The maximum atomic E-state index is 8.76. The first-order valence-electron chi connectivity index (χ1n) is 6.65. The van der Waals surface area contributed by atoms with Crippen molar-refractivity contribution in [2.75, 3.05) is 0 Å². The Hall–Kier alpha value is -1.82. The second-order valence-electron chi connectivity index (χ2n) is 4.89. The Balaban J connectivity index is 1.87. The summed E-state index contributed by atoms with van der Waals surface area (Å²) in [4.78, 5) is 0. The van der Waals surface area contributed by atoms with Gasteiger partial charge in [0.05, 0.1) is 11.6 Å². The summed E-state index contributed by atoms with van der Waals surface area (Å²) in [6.45, 7) is 2.93. The van der Waals surface area contributed by atoms with Crippen LogP contribution in [0.15, 0.2) is 48.5 Å². The third-order valence-electron chi connectivity index (χ3n) is 3.22. The van der Waals surface area contributed by atoms with Gasteiger partial charge < -0.3 is 5.32 Å². The molecule has 0 aromatic heterocycles. The molecule has 3 heteroatoms. The lowest BCUT2D eigenvalue weighted by molar-refractivity contribution is 0.545. The maximum absolute atomic E-state index is 8.76. The van der Waals surface area contributed by atoms with E-state index in [4.69, 9.17) is 16.9 Å².